The summed E-state index contributed by atoms with van der Waals surface area (Å²) in [5.41, 5.74) is 5.35. The molecule has 1 saturated heterocycles. The van der Waals surface area contributed by atoms with Crippen LogP contribution in [0.5, 0.6) is 0 Å². The van der Waals surface area contributed by atoms with Gasteiger partial charge in [-0.2, -0.15) is 0 Å². The number of unbranched alkanes of at least 4 members (excludes halogenated alkanes) is 2. The molecular weight excluding hydrogens is 242 g/mol. The summed E-state index contributed by atoms with van der Waals surface area (Å²) in [7, 11) is 0. The molecule has 0 amide bonds. The monoisotopic (exact) mass is 265 g/mol. The van der Waals surface area contributed by atoms with Gasteiger partial charge in [-0.05, 0) is 25.8 Å². The van der Waals surface area contributed by atoms with Crippen LogP contribution in [0, 0.1) is 0 Å². The third-order valence-electron chi connectivity index (χ3n) is 2.98. The molecule has 1 heterocycles. The van der Waals surface area contributed by atoms with Crippen molar-refractivity contribution in [2.45, 2.75) is 50.0 Å². The quantitative estimate of drug-likeness (QED) is 0.335. The lowest BCUT2D eigenvalue weighted by Gasteiger charge is -2.39. The Hall–Kier alpha value is -0.280. The Bertz CT molecular complexity index is 228. The van der Waals surface area contributed by atoms with Crippen LogP contribution in [0.2, 0.25) is 0 Å². The van der Waals surface area contributed by atoms with Crippen LogP contribution in [0.25, 0.3) is 0 Å². The number of aliphatic hydroxyl groups is 4. The highest BCUT2D eigenvalue weighted by Crippen LogP contribution is 2.22. The van der Waals surface area contributed by atoms with Crippen LogP contribution in [0.15, 0.2) is 0 Å². The third kappa shape index (κ3) is 4.13. The van der Waals surface area contributed by atoms with Gasteiger partial charge in [0.2, 0.25) is 0 Å². The Labute approximate surface area is 106 Å². The molecule has 1 aliphatic heterocycles. The van der Waals surface area contributed by atoms with Crippen LogP contribution in [0.4, 0.5) is 0 Å². The summed E-state index contributed by atoms with van der Waals surface area (Å²) in [5.74, 6) is 0. The molecular formula is C11H23NO6. The molecule has 0 unspecified atom stereocenters. The Balaban J connectivity index is 2.35. The zero-order valence-electron chi connectivity index (χ0n) is 10.3. The largest absolute Gasteiger partial charge is 0.394 e. The third-order valence-corrected chi connectivity index (χ3v) is 2.98. The smallest absolute Gasteiger partial charge is 0.186 e. The minimum atomic E-state index is -1.38. The van der Waals surface area contributed by atoms with Gasteiger partial charge < -0.3 is 35.6 Å². The van der Waals surface area contributed by atoms with E-state index in [9.17, 15) is 15.3 Å². The fourth-order valence-corrected chi connectivity index (χ4v) is 1.83. The maximum atomic E-state index is 9.66. The maximum Gasteiger partial charge on any atom is 0.186 e. The van der Waals surface area contributed by atoms with E-state index < -0.39 is 37.3 Å². The summed E-state index contributed by atoms with van der Waals surface area (Å²) in [6.45, 7) is 0.542. The average Bonchev–Trinajstić information content (AvgIpc) is 2.38. The maximum absolute atomic E-state index is 9.66. The molecule has 0 radical (unpaired) electrons. The standard InChI is InChI=1S/C11H23NO6/c12-4-2-1-3-5-17-11-10(16)9(15)8(14)7(6-13)18-11/h7-11,13-16H,1-6,12H2/t7-,8-,9+,10-,11+/m1/s1. The predicted octanol–water partition coefficient (Wildman–Crippen LogP) is -2.07. The van der Waals surface area contributed by atoms with Gasteiger partial charge >= 0.3 is 0 Å². The van der Waals surface area contributed by atoms with Crippen molar-refractivity contribution in [3.8, 4) is 0 Å². The van der Waals surface area contributed by atoms with E-state index in [0.29, 0.717) is 13.2 Å². The lowest BCUT2D eigenvalue weighted by Crippen LogP contribution is -2.59. The first kappa shape index (κ1) is 15.8. The van der Waals surface area contributed by atoms with Gasteiger partial charge in [0.15, 0.2) is 6.29 Å². The average molecular weight is 265 g/mol. The molecule has 7 nitrogen and oxygen atoms in total. The fourth-order valence-electron chi connectivity index (χ4n) is 1.83. The normalized spacial score (nSPS) is 36.8. The number of ether oxygens (including phenoxy) is 2. The molecule has 0 aromatic carbocycles. The van der Waals surface area contributed by atoms with Gasteiger partial charge in [-0.15, -0.1) is 0 Å². The summed E-state index contributed by atoms with van der Waals surface area (Å²) in [5, 5.41) is 37.7. The second-order valence-electron chi connectivity index (χ2n) is 4.42. The molecule has 0 aliphatic carbocycles. The summed E-state index contributed by atoms with van der Waals surface area (Å²) < 4.78 is 10.5. The summed E-state index contributed by atoms with van der Waals surface area (Å²) >= 11 is 0. The van der Waals surface area contributed by atoms with Crippen molar-refractivity contribution in [3.05, 3.63) is 0 Å². The van der Waals surface area contributed by atoms with E-state index in [4.69, 9.17) is 20.3 Å². The summed E-state index contributed by atoms with van der Waals surface area (Å²) in [6, 6.07) is 0. The van der Waals surface area contributed by atoms with Gasteiger partial charge in [0.25, 0.3) is 0 Å². The van der Waals surface area contributed by atoms with Gasteiger partial charge in [-0.25, -0.2) is 0 Å². The Morgan fingerprint density at radius 1 is 1.00 bits per heavy atom. The number of hydrogen-bond acceptors (Lipinski definition) is 7. The summed E-state index contributed by atoms with van der Waals surface area (Å²) in [6.07, 6.45) is -3.42. The molecule has 0 aromatic heterocycles. The van der Waals surface area contributed by atoms with E-state index >= 15 is 0 Å². The van der Waals surface area contributed by atoms with Gasteiger partial charge in [-0.3, -0.25) is 0 Å². The van der Waals surface area contributed by atoms with Crippen molar-refractivity contribution < 1.29 is 29.9 Å². The highest BCUT2D eigenvalue weighted by atomic mass is 16.7. The van der Waals surface area contributed by atoms with Crippen LogP contribution in [-0.4, -0.2) is 70.9 Å². The van der Waals surface area contributed by atoms with Gasteiger partial charge in [0.1, 0.15) is 24.4 Å². The van der Waals surface area contributed by atoms with E-state index in [-0.39, 0.29) is 0 Å². The van der Waals surface area contributed by atoms with Crippen molar-refractivity contribution >= 4 is 0 Å². The first-order valence-electron chi connectivity index (χ1n) is 6.24. The van der Waals surface area contributed by atoms with Gasteiger partial charge in [0, 0.05) is 6.61 Å². The highest BCUT2D eigenvalue weighted by molar-refractivity contribution is 4.88. The van der Waals surface area contributed by atoms with Crippen LogP contribution in [0.3, 0.4) is 0 Å². The fraction of sp³-hybridized carbons (Fsp3) is 1.00. The Morgan fingerprint density at radius 3 is 2.33 bits per heavy atom. The lowest BCUT2D eigenvalue weighted by molar-refractivity contribution is -0.301. The van der Waals surface area contributed by atoms with Crippen molar-refractivity contribution in [2.75, 3.05) is 19.8 Å². The minimum absolute atomic E-state index is 0.364. The van der Waals surface area contributed by atoms with Crippen molar-refractivity contribution in [2.24, 2.45) is 5.73 Å². The number of aliphatic hydroxyl groups excluding tert-OH is 4. The first-order chi connectivity index (χ1) is 8.61. The zero-order valence-corrected chi connectivity index (χ0v) is 10.3. The molecule has 1 aliphatic rings. The van der Waals surface area contributed by atoms with E-state index in [0.717, 1.165) is 19.3 Å². The van der Waals surface area contributed by atoms with E-state index in [2.05, 4.69) is 0 Å². The Kier molecular flexibility index (Phi) is 7.02. The van der Waals surface area contributed by atoms with Gasteiger partial charge in [0.05, 0.1) is 6.61 Å². The predicted molar refractivity (Wildman–Crippen MR) is 62.6 cm³/mol. The summed E-state index contributed by atoms with van der Waals surface area (Å²) in [4.78, 5) is 0. The molecule has 5 atom stereocenters. The molecule has 108 valence electrons. The van der Waals surface area contributed by atoms with Crippen LogP contribution in [0.1, 0.15) is 19.3 Å². The molecule has 1 rings (SSSR count). The molecule has 0 aromatic rings. The van der Waals surface area contributed by atoms with Crippen LogP contribution >= 0.6 is 0 Å². The van der Waals surface area contributed by atoms with E-state index in [1.54, 1.807) is 0 Å². The number of hydrogen-bond donors (Lipinski definition) is 5. The molecule has 0 saturated carbocycles. The number of rotatable bonds is 7. The Morgan fingerprint density at radius 2 is 1.72 bits per heavy atom. The second kappa shape index (κ2) is 8.00. The lowest BCUT2D eigenvalue weighted by atomic mass is 9.99. The number of nitrogens with two attached hydrogens (primary N) is 1. The molecule has 0 bridgehead atoms. The van der Waals surface area contributed by atoms with Crippen molar-refractivity contribution in [3.63, 3.8) is 0 Å². The molecule has 6 N–H and O–H groups in total. The topological polar surface area (TPSA) is 125 Å². The van der Waals surface area contributed by atoms with Crippen LogP contribution in [-0.2, 0) is 9.47 Å². The van der Waals surface area contributed by atoms with Crippen molar-refractivity contribution in [1.82, 2.24) is 0 Å². The zero-order chi connectivity index (χ0) is 13.5. The van der Waals surface area contributed by atoms with Crippen molar-refractivity contribution in [1.29, 1.82) is 0 Å². The van der Waals surface area contributed by atoms with E-state index in [1.807, 2.05) is 0 Å². The van der Waals surface area contributed by atoms with Crippen LogP contribution < -0.4 is 5.73 Å². The molecule has 7 heteroatoms. The molecule has 18 heavy (non-hydrogen) atoms. The minimum Gasteiger partial charge on any atom is -0.394 e. The second-order valence-corrected chi connectivity index (χ2v) is 4.42. The molecule has 0 spiro atoms. The highest BCUT2D eigenvalue weighted by Gasteiger charge is 2.43. The van der Waals surface area contributed by atoms with Gasteiger partial charge in [-0.1, -0.05) is 0 Å². The van der Waals surface area contributed by atoms with E-state index in [1.165, 1.54) is 0 Å². The molecule has 1 fully saturated rings. The first-order valence-corrected chi connectivity index (χ1v) is 6.24. The SMILES string of the molecule is NCCCCCO[C@H]1O[C@H](CO)[C@@H](O)[C@H](O)[C@H]1O.